The van der Waals surface area contributed by atoms with Gasteiger partial charge in [-0.15, -0.1) is 0 Å². The number of rotatable bonds is 5. The molecule has 3 heterocycles. The highest BCUT2D eigenvalue weighted by atomic mass is 16.6. The van der Waals surface area contributed by atoms with E-state index in [4.69, 9.17) is 15.2 Å². The van der Waals surface area contributed by atoms with E-state index in [1.807, 2.05) is 0 Å². The van der Waals surface area contributed by atoms with Crippen LogP contribution in [0.2, 0.25) is 0 Å². The standard InChI is InChI=1S/C13H19N5O5/c1-22-3-2-7-17-8-11(14)15-5-16-12(8)18(7)13-10(21)9(20)6(4-19)23-13/h5-6,9-10,13,19-21H,2-4H2,1H3,(H2,14,15,16)/t6-,9-,10-,13-/m1/s1. The molecular weight excluding hydrogens is 306 g/mol. The maximum Gasteiger partial charge on any atom is 0.167 e. The van der Waals surface area contributed by atoms with Gasteiger partial charge in [0.05, 0.1) is 13.2 Å². The van der Waals surface area contributed by atoms with Crippen molar-refractivity contribution in [2.24, 2.45) is 0 Å². The predicted molar refractivity (Wildman–Crippen MR) is 78.3 cm³/mol. The van der Waals surface area contributed by atoms with Gasteiger partial charge in [0, 0.05) is 13.5 Å². The van der Waals surface area contributed by atoms with Gasteiger partial charge in [0.15, 0.2) is 23.2 Å². The fraction of sp³-hybridized carbons (Fsp3) is 0.615. The molecule has 2 aromatic heterocycles. The van der Waals surface area contributed by atoms with E-state index >= 15 is 0 Å². The molecule has 0 radical (unpaired) electrons. The number of nitrogens with two attached hydrogens (primary N) is 1. The van der Waals surface area contributed by atoms with Crippen LogP contribution in [0.4, 0.5) is 5.82 Å². The molecule has 3 rings (SSSR count). The van der Waals surface area contributed by atoms with E-state index in [1.165, 1.54) is 6.33 Å². The van der Waals surface area contributed by atoms with Gasteiger partial charge in [-0.2, -0.15) is 0 Å². The Bertz CT molecular complexity index is 693. The first-order valence-corrected chi connectivity index (χ1v) is 7.17. The zero-order valence-electron chi connectivity index (χ0n) is 12.5. The number of hydrogen-bond acceptors (Lipinski definition) is 9. The van der Waals surface area contributed by atoms with E-state index in [0.717, 1.165) is 0 Å². The number of nitrogen functional groups attached to an aromatic ring is 1. The number of aromatic nitrogens is 4. The van der Waals surface area contributed by atoms with Crippen LogP contribution >= 0.6 is 0 Å². The minimum Gasteiger partial charge on any atom is -0.394 e. The number of fused-ring (bicyclic) bond motifs is 1. The average molecular weight is 325 g/mol. The summed E-state index contributed by atoms with van der Waals surface area (Å²) in [5.41, 5.74) is 6.60. The summed E-state index contributed by atoms with van der Waals surface area (Å²) in [6.45, 7) is -0.0165. The van der Waals surface area contributed by atoms with Crippen LogP contribution < -0.4 is 5.73 Å². The topological polar surface area (TPSA) is 149 Å². The summed E-state index contributed by atoms with van der Waals surface area (Å²) in [5, 5.41) is 29.5. The van der Waals surface area contributed by atoms with Crippen molar-refractivity contribution in [2.45, 2.75) is 31.0 Å². The number of aliphatic hydroxyl groups is 3. The molecule has 1 aliphatic heterocycles. The molecule has 0 aromatic carbocycles. The summed E-state index contributed by atoms with van der Waals surface area (Å²) < 4.78 is 12.2. The van der Waals surface area contributed by atoms with E-state index in [1.54, 1.807) is 11.7 Å². The Morgan fingerprint density at radius 2 is 2.13 bits per heavy atom. The molecule has 5 N–H and O–H groups in total. The van der Waals surface area contributed by atoms with Gasteiger partial charge in [0.2, 0.25) is 0 Å². The van der Waals surface area contributed by atoms with Gasteiger partial charge in [-0.25, -0.2) is 15.0 Å². The number of methoxy groups -OCH3 is 1. The Labute approximate surface area is 131 Å². The first kappa shape index (κ1) is 16.0. The van der Waals surface area contributed by atoms with E-state index in [0.29, 0.717) is 30.0 Å². The highest BCUT2D eigenvalue weighted by molar-refractivity contribution is 5.81. The SMILES string of the molecule is COCCc1nc2c(N)ncnc2n1[C@@H]1O[C@H](CO)[C@@H](O)[C@H]1O. The van der Waals surface area contributed by atoms with Crippen molar-refractivity contribution in [3.63, 3.8) is 0 Å². The van der Waals surface area contributed by atoms with Crippen LogP contribution in [-0.2, 0) is 15.9 Å². The fourth-order valence-electron chi connectivity index (χ4n) is 2.70. The van der Waals surface area contributed by atoms with E-state index in [-0.39, 0.29) is 5.82 Å². The quantitative estimate of drug-likeness (QED) is 0.500. The van der Waals surface area contributed by atoms with Crippen molar-refractivity contribution in [1.82, 2.24) is 19.5 Å². The minimum atomic E-state index is -1.23. The molecule has 0 bridgehead atoms. The van der Waals surface area contributed by atoms with E-state index in [2.05, 4.69) is 15.0 Å². The van der Waals surface area contributed by atoms with Crippen LogP contribution in [0.5, 0.6) is 0 Å². The molecule has 1 aliphatic rings. The van der Waals surface area contributed by atoms with E-state index < -0.39 is 31.1 Å². The van der Waals surface area contributed by atoms with Crippen molar-refractivity contribution in [3.8, 4) is 0 Å². The van der Waals surface area contributed by atoms with Crippen molar-refractivity contribution in [1.29, 1.82) is 0 Å². The lowest BCUT2D eigenvalue weighted by molar-refractivity contribution is -0.0524. The Balaban J connectivity index is 2.09. The predicted octanol–water partition coefficient (Wildman–Crippen LogP) is -1.79. The largest absolute Gasteiger partial charge is 0.394 e. The first-order chi connectivity index (χ1) is 11.1. The Kier molecular flexibility index (Phi) is 4.41. The molecule has 4 atom stereocenters. The molecule has 0 unspecified atom stereocenters. The molecule has 1 fully saturated rings. The Hall–Kier alpha value is -1.85. The normalized spacial score (nSPS) is 27.8. The van der Waals surface area contributed by atoms with Gasteiger partial charge >= 0.3 is 0 Å². The maximum absolute atomic E-state index is 10.3. The maximum atomic E-state index is 10.3. The highest BCUT2D eigenvalue weighted by Gasteiger charge is 2.44. The molecule has 10 nitrogen and oxygen atoms in total. The lowest BCUT2D eigenvalue weighted by Crippen LogP contribution is -2.33. The smallest absolute Gasteiger partial charge is 0.167 e. The molecule has 2 aromatic rings. The van der Waals surface area contributed by atoms with Crippen LogP contribution in [0.25, 0.3) is 11.2 Å². The summed E-state index contributed by atoms with van der Waals surface area (Å²) in [4.78, 5) is 12.5. The second-order valence-corrected chi connectivity index (χ2v) is 5.30. The van der Waals surface area contributed by atoms with Crippen molar-refractivity contribution < 1.29 is 24.8 Å². The molecule has 1 saturated heterocycles. The zero-order valence-corrected chi connectivity index (χ0v) is 12.5. The van der Waals surface area contributed by atoms with Gasteiger partial charge in [0.1, 0.15) is 30.5 Å². The number of nitrogens with zero attached hydrogens (tertiary/aromatic N) is 4. The fourth-order valence-corrected chi connectivity index (χ4v) is 2.70. The lowest BCUT2D eigenvalue weighted by Gasteiger charge is -2.19. The molecule has 0 saturated carbocycles. The molecule has 126 valence electrons. The lowest BCUT2D eigenvalue weighted by atomic mass is 10.1. The van der Waals surface area contributed by atoms with Crippen LogP contribution in [-0.4, -0.2) is 73.5 Å². The second kappa shape index (κ2) is 6.34. The summed E-state index contributed by atoms with van der Waals surface area (Å²) in [7, 11) is 1.56. The minimum absolute atomic E-state index is 0.208. The van der Waals surface area contributed by atoms with Gasteiger partial charge in [0.25, 0.3) is 0 Å². The zero-order chi connectivity index (χ0) is 16.6. The highest BCUT2D eigenvalue weighted by Crippen LogP contribution is 2.33. The van der Waals surface area contributed by atoms with Gasteiger partial charge in [-0.1, -0.05) is 0 Å². The summed E-state index contributed by atoms with van der Waals surface area (Å²) in [5.74, 6) is 0.739. The number of aliphatic hydroxyl groups excluding tert-OH is 3. The number of imidazole rings is 1. The van der Waals surface area contributed by atoms with E-state index in [9.17, 15) is 15.3 Å². The van der Waals surface area contributed by atoms with Gasteiger partial charge in [-0.3, -0.25) is 4.57 Å². The molecule has 0 amide bonds. The molecule has 23 heavy (non-hydrogen) atoms. The molecule has 10 heteroatoms. The molecule has 0 aliphatic carbocycles. The van der Waals surface area contributed by atoms with Crippen LogP contribution in [0.3, 0.4) is 0 Å². The third kappa shape index (κ3) is 2.64. The number of ether oxygens (including phenoxy) is 2. The average Bonchev–Trinajstić information content (AvgIpc) is 3.05. The molecule has 0 spiro atoms. The monoisotopic (exact) mass is 325 g/mol. The van der Waals surface area contributed by atoms with Crippen molar-refractivity contribution >= 4 is 17.0 Å². The number of anilines is 1. The summed E-state index contributed by atoms with van der Waals surface area (Å²) in [6.07, 6.45) is -2.55. The van der Waals surface area contributed by atoms with Gasteiger partial charge < -0.3 is 30.5 Å². The number of hydrogen-bond donors (Lipinski definition) is 4. The van der Waals surface area contributed by atoms with Crippen molar-refractivity contribution in [2.75, 3.05) is 26.1 Å². The summed E-state index contributed by atoms with van der Waals surface area (Å²) >= 11 is 0. The Morgan fingerprint density at radius 3 is 2.78 bits per heavy atom. The van der Waals surface area contributed by atoms with Crippen molar-refractivity contribution in [3.05, 3.63) is 12.2 Å². The Morgan fingerprint density at radius 1 is 1.35 bits per heavy atom. The van der Waals surface area contributed by atoms with Crippen LogP contribution in [0.1, 0.15) is 12.1 Å². The van der Waals surface area contributed by atoms with Crippen LogP contribution in [0, 0.1) is 0 Å². The second-order valence-electron chi connectivity index (χ2n) is 5.30. The summed E-state index contributed by atoms with van der Waals surface area (Å²) in [6, 6.07) is 0. The first-order valence-electron chi connectivity index (χ1n) is 7.17. The van der Waals surface area contributed by atoms with Gasteiger partial charge in [-0.05, 0) is 0 Å². The van der Waals surface area contributed by atoms with Crippen LogP contribution in [0.15, 0.2) is 6.33 Å². The third-order valence-electron chi connectivity index (χ3n) is 3.88. The molecular formula is C13H19N5O5. The third-order valence-corrected chi connectivity index (χ3v) is 3.88.